The summed E-state index contributed by atoms with van der Waals surface area (Å²) in [7, 11) is 0. The Balaban J connectivity index is 1.38. The number of hydrogen-bond acceptors (Lipinski definition) is 3. The van der Waals surface area contributed by atoms with E-state index in [-0.39, 0.29) is 5.41 Å². The van der Waals surface area contributed by atoms with E-state index in [1.807, 2.05) is 35.6 Å². The molecule has 0 saturated carbocycles. The van der Waals surface area contributed by atoms with Crippen LogP contribution in [0.2, 0.25) is 0 Å². The molecule has 40 heavy (non-hydrogen) atoms. The van der Waals surface area contributed by atoms with Crippen LogP contribution in [0.5, 0.6) is 0 Å². The third-order valence-electron chi connectivity index (χ3n) is 8.30. The quantitative estimate of drug-likeness (QED) is 0.227. The van der Waals surface area contributed by atoms with E-state index >= 15 is 0 Å². The van der Waals surface area contributed by atoms with Crippen molar-refractivity contribution in [3.05, 3.63) is 132 Å². The van der Waals surface area contributed by atoms with Crippen molar-refractivity contribution in [2.75, 3.05) is 0 Å². The van der Waals surface area contributed by atoms with Gasteiger partial charge >= 0.3 is 0 Å². The lowest BCUT2D eigenvalue weighted by molar-refractivity contribution is 0.661. The monoisotopic (exact) mass is 530 g/mol. The number of hydrogen-bond donors (Lipinski definition) is 0. The normalized spacial score (nSPS) is 13.4. The molecule has 0 atom stereocenters. The van der Waals surface area contributed by atoms with Gasteiger partial charge in [-0.25, -0.2) is 9.97 Å². The molecule has 0 radical (unpaired) electrons. The summed E-state index contributed by atoms with van der Waals surface area (Å²) in [6, 6.07) is 43.1. The van der Waals surface area contributed by atoms with E-state index in [1.165, 1.54) is 42.4 Å². The third-order valence-corrected chi connectivity index (χ3v) is 9.44. The average Bonchev–Trinajstić information content (AvgIpc) is 3.49. The lowest BCUT2D eigenvalue weighted by atomic mass is 9.82. The minimum Gasteiger partial charge on any atom is -0.228 e. The van der Waals surface area contributed by atoms with E-state index in [4.69, 9.17) is 9.97 Å². The van der Waals surface area contributed by atoms with Crippen LogP contribution >= 0.6 is 11.3 Å². The molecule has 7 aromatic rings. The molecule has 2 heterocycles. The molecule has 0 spiro atoms. The van der Waals surface area contributed by atoms with Crippen LogP contribution in [0, 0.1) is 0 Å². The third kappa shape index (κ3) is 3.48. The summed E-state index contributed by atoms with van der Waals surface area (Å²) in [6.45, 7) is 4.70. The van der Waals surface area contributed by atoms with Gasteiger partial charge < -0.3 is 0 Å². The average molecular weight is 531 g/mol. The van der Waals surface area contributed by atoms with E-state index in [1.54, 1.807) is 0 Å². The van der Waals surface area contributed by atoms with Gasteiger partial charge in [0.2, 0.25) is 0 Å². The lowest BCUT2D eigenvalue weighted by Gasteiger charge is -2.21. The molecule has 2 aromatic heterocycles. The zero-order chi connectivity index (χ0) is 26.8. The van der Waals surface area contributed by atoms with Crippen molar-refractivity contribution < 1.29 is 0 Å². The highest BCUT2D eigenvalue weighted by molar-refractivity contribution is 7.26. The number of fused-ring (bicyclic) bond motifs is 7. The van der Waals surface area contributed by atoms with Crippen molar-refractivity contribution in [3.8, 4) is 45.0 Å². The predicted octanol–water partition coefficient (Wildman–Crippen LogP) is 10.2. The van der Waals surface area contributed by atoms with Crippen molar-refractivity contribution in [1.82, 2.24) is 9.97 Å². The smallest absolute Gasteiger partial charge is 0.160 e. The van der Waals surface area contributed by atoms with Crippen molar-refractivity contribution in [3.63, 3.8) is 0 Å². The van der Waals surface area contributed by atoms with Gasteiger partial charge in [-0.3, -0.25) is 0 Å². The zero-order valence-corrected chi connectivity index (χ0v) is 23.2. The van der Waals surface area contributed by atoms with Crippen molar-refractivity contribution in [2.45, 2.75) is 19.3 Å². The molecule has 190 valence electrons. The maximum atomic E-state index is 5.09. The molecule has 1 aliphatic rings. The highest BCUT2D eigenvalue weighted by atomic mass is 32.1. The van der Waals surface area contributed by atoms with Crippen LogP contribution < -0.4 is 0 Å². The van der Waals surface area contributed by atoms with Crippen LogP contribution in [0.25, 0.3) is 65.2 Å². The first-order valence-corrected chi connectivity index (χ1v) is 14.5. The van der Waals surface area contributed by atoms with Crippen LogP contribution in [-0.2, 0) is 5.41 Å². The van der Waals surface area contributed by atoms with Gasteiger partial charge in [-0.15, -0.1) is 11.3 Å². The molecule has 0 N–H and O–H groups in total. The molecule has 0 bridgehead atoms. The second-order valence-corrected chi connectivity index (χ2v) is 12.1. The summed E-state index contributed by atoms with van der Waals surface area (Å²) in [5, 5.41) is 2.65. The van der Waals surface area contributed by atoms with E-state index in [9.17, 15) is 0 Å². The second-order valence-electron chi connectivity index (χ2n) is 11.0. The molecule has 1 aliphatic carbocycles. The fourth-order valence-electron chi connectivity index (χ4n) is 6.29. The Morgan fingerprint density at radius 2 is 1.20 bits per heavy atom. The van der Waals surface area contributed by atoms with Crippen LogP contribution in [0.15, 0.2) is 121 Å². The summed E-state index contributed by atoms with van der Waals surface area (Å²) in [4.78, 5) is 10.1. The van der Waals surface area contributed by atoms with E-state index in [0.717, 1.165) is 33.9 Å². The Hall–Kier alpha value is -4.60. The number of benzene rings is 5. The molecule has 3 heteroatoms. The van der Waals surface area contributed by atoms with Crippen molar-refractivity contribution >= 4 is 31.5 Å². The second kappa shape index (κ2) is 8.70. The molecule has 0 amide bonds. The Morgan fingerprint density at radius 1 is 0.550 bits per heavy atom. The standard InChI is InChI=1S/C37H26N2S/c1-37(2)28-16-10-9-15-26(28)34-29(37)18-20-33-35(34)27-21-25(17-19-32(27)40-33)31-22-30(23-11-5-3-6-12-23)38-36(39-31)24-13-7-4-8-14-24/h3-22H,1-2H3. The SMILES string of the molecule is CC1(C)c2ccccc2-c2c1ccc1sc3ccc(-c4cc(-c5ccccc5)nc(-c5ccccc5)n4)cc3c21. The number of nitrogens with zero attached hydrogens (tertiary/aromatic N) is 2. The lowest BCUT2D eigenvalue weighted by Crippen LogP contribution is -2.14. The largest absolute Gasteiger partial charge is 0.228 e. The Labute approximate surface area is 237 Å². The number of aromatic nitrogens is 2. The Morgan fingerprint density at radius 3 is 1.98 bits per heavy atom. The van der Waals surface area contributed by atoms with Crippen LogP contribution in [-0.4, -0.2) is 9.97 Å². The minimum absolute atomic E-state index is 0.0200. The summed E-state index contributed by atoms with van der Waals surface area (Å²) in [6.07, 6.45) is 0. The van der Waals surface area contributed by atoms with Crippen LogP contribution in [0.4, 0.5) is 0 Å². The molecule has 0 saturated heterocycles. The highest BCUT2D eigenvalue weighted by Crippen LogP contribution is 2.53. The first-order chi connectivity index (χ1) is 19.6. The first-order valence-electron chi connectivity index (χ1n) is 13.7. The molecule has 2 nitrogen and oxygen atoms in total. The number of thiophene rings is 1. The fraction of sp³-hybridized carbons (Fsp3) is 0.0811. The molecule has 0 unspecified atom stereocenters. The van der Waals surface area contributed by atoms with Gasteiger partial charge in [0.15, 0.2) is 5.82 Å². The number of rotatable bonds is 3. The molecule has 5 aromatic carbocycles. The van der Waals surface area contributed by atoms with Crippen molar-refractivity contribution in [1.29, 1.82) is 0 Å². The Kier molecular flexibility index (Phi) is 5.07. The summed E-state index contributed by atoms with van der Waals surface area (Å²) in [5.41, 5.74) is 10.6. The maximum Gasteiger partial charge on any atom is 0.160 e. The Bertz CT molecular complexity index is 2010. The van der Waals surface area contributed by atoms with E-state index in [0.29, 0.717) is 0 Å². The van der Waals surface area contributed by atoms with Gasteiger partial charge in [0.05, 0.1) is 11.4 Å². The van der Waals surface area contributed by atoms with Gasteiger partial charge in [-0.2, -0.15) is 0 Å². The summed E-state index contributed by atoms with van der Waals surface area (Å²) in [5.74, 6) is 0.740. The maximum absolute atomic E-state index is 5.09. The van der Waals surface area contributed by atoms with Crippen molar-refractivity contribution in [2.24, 2.45) is 0 Å². The van der Waals surface area contributed by atoms with Gasteiger partial charge in [0, 0.05) is 42.3 Å². The van der Waals surface area contributed by atoms with E-state index < -0.39 is 0 Å². The van der Waals surface area contributed by atoms with Gasteiger partial charge in [-0.05, 0) is 46.5 Å². The highest BCUT2D eigenvalue weighted by Gasteiger charge is 2.36. The van der Waals surface area contributed by atoms with E-state index in [2.05, 4.69) is 111 Å². The molecular weight excluding hydrogens is 504 g/mol. The summed E-state index contributed by atoms with van der Waals surface area (Å²) >= 11 is 1.87. The predicted molar refractivity (Wildman–Crippen MR) is 169 cm³/mol. The first kappa shape index (κ1) is 23.3. The van der Waals surface area contributed by atoms with Gasteiger partial charge in [-0.1, -0.05) is 111 Å². The minimum atomic E-state index is -0.0200. The molecule has 8 rings (SSSR count). The van der Waals surface area contributed by atoms with Crippen LogP contribution in [0.1, 0.15) is 25.0 Å². The molecular formula is C37H26N2S. The molecule has 0 aliphatic heterocycles. The van der Waals surface area contributed by atoms with Gasteiger partial charge in [0.25, 0.3) is 0 Å². The molecule has 0 fully saturated rings. The van der Waals surface area contributed by atoms with Crippen LogP contribution in [0.3, 0.4) is 0 Å². The fourth-order valence-corrected chi connectivity index (χ4v) is 7.38. The van der Waals surface area contributed by atoms with Gasteiger partial charge in [0.1, 0.15) is 0 Å². The zero-order valence-electron chi connectivity index (χ0n) is 22.3. The summed E-state index contributed by atoms with van der Waals surface area (Å²) < 4.78 is 2.63. The topological polar surface area (TPSA) is 25.8 Å².